The quantitative estimate of drug-likeness (QED) is 0.793. The van der Waals surface area contributed by atoms with Crippen LogP contribution in [0, 0.1) is 17.3 Å². The van der Waals surface area contributed by atoms with Crippen molar-refractivity contribution < 1.29 is 9.53 Å². The molecule has 0 aromatic heterocycles. The van der Waals surface area contributed by atoms with E-state index in [4.69, 9.17) is 4.74 Å². The van der Waals surface area contributed by atoms with Gasteiger partial charge in [0.1, 0.15) is 11.5 Å². The van der Waals surface area contributed by atoms with Crippen molar-refractivity contribution in [1.82, 2.24) is 0 Å². The van der Waals surface area contributed by atoms with Crippen molar-refractivity contribution in [1.29, 1.82) is 0 Å². The second kappa shape index (κ2) is 5.65. The van der Waals surface area contributed by atoms with Crippen LogP contribution in [0.4, 0.5) is 0 Å². The minimum absolute atomic E-state index is 0.0111. The fourth-order valence-electron chi connectivity index (χ4n) is 5.64. The lowest BCUT2D eigenvalue weighted by Gasteiger charge is -2.48. The van der Waals surface area contributed by atoms with E-state index in [1.54, 1.807) is 5.56 Å². The van der Waals surface area contributed by atoms with Gasteiger partial charge in [-0.05, 0) is 79.5 Å². The van der Waals surface area contributed by atoms with Crippen molar-refractivity contribution in [3.8, 4) is 5.75 Å². The third-order valence-electron chi connectivity index (χ3n) is 6.88. The van der Waals surface area contributed by atoms with Crippen LogP contribution >= 0.6 is 0 Å². The van der Waals surface area contributed by atoms with E-state index >= 15 is 0 Å². The molecule has 0 amide bonds. The first-order valence-electron chi connectivity index (χ1n) is 9.42. The maximum atomic E-state index is 12.4. The summed E-state index contributed by atoms with van der Waals surface area (Å²) in [6.07, 6.45) is 7.68. The van der Waals surface area contributed by atoms with Crippen molar-refractivity contribution in [3.63, 3.8) is 0 Å². The predicted octanol–water partition coefficient (Wildman–Crippen LogP) is 4.90. The van der Waals surface area contributed by atoms with E-state index in [9.17, 15) is 4.79 Å². The Labute approximate surface area is 139 Å². The normalized spacial score (nSPS) is 35.4. The summed E-state index contributed by atoms with van der Waals surface area (Å²) in [7, 11) is 0. The van der Waals surface area contributed by atoms with Crippen LogP contribution in [0.3, 0.4) is 0 Å². The molecule has 4 rings (SSSR count). The van der Waals surface area contributed by atoms with E-state index in [2.05, 4.69) is 32.0 Å². The molecule has 0 N–H and O–H groups in total. The van der Waals surface area contributed by atoms with Crippen molar-refractivity contribution in [3.05, 3.63) is 29.3 Å². The number of hydrogen-bond donors (Lipinski definition) is 0. The zero-order valence-electron chi connectivity index (χ0n) is 14.4. The number of fused-ring (bicyclic) bond motifs is 5. The smallest absolute Gasteiger partial charge is 0.139 e. The highest BCUT2D eigenvalue weighted by Crippen LogP contribution is 2.59. The molecule has 2 heteroatoms. The van der Waals surface area contributed by atoms with Crippen LogP contribution in [0.25, 0.3) is 0 Å². The lowest BCUT2D eigenvalue weighted by Crippen LogP contribution is -2.42. The van der Waals surface area contributed by atoms with Gasteiger partial charge in [0.25, 0.3) is 0 Å². The summed E-state index contributed by atoms with van der Waals surface area (Å²) in [5.74, 6) is 3.58. The Hall–Kier alpha value is -1.31. The maximum Gasteiger partial charge on any atom is 0.139 e. The summed E-state index contributed by atoms with van der Waals surface area (Å²) in [4.78, 5) is 12.4. The first-order chi connectivity index (χ1) is 11.1. The van der Waals surface area contributed by atoms with Gasteiger partial charge in [0.05, 0.1) is 6.61 Å². The Morgan fingerprint density at radius 1 is 1.22 bits per heavy atom. The number of aryl methyl sites for hydroxylation is 1. The molecule has 23 heavy (non-hydrogen) atoms. The van der Waals surface area contributed by atoms with Gasteiger partial charge in [0, 0.05) is 11.8 Å². The molecule has 1 aromatic carbocycles. The molecule has 2 fully saturated rings. The summed E-state index contributed by atoms with van der Waals surface area (Å²) in [6.45, 7) is 5.19. The van der Waals surface area contributed by atoms with Gasteiger partial charge in [0.15, 0.2) is 0 Å². The average Bonchev–Trinajstić information content (AvgIpc) is 2.88. The topological polar surface area (TPSA) is 26.3 Å². The number of rotatable bonds is 3. The number of benzene rings is 1. The molecule has 124 valence electrons. The van der Waals surface area contributed by atoms with Crippen LogP contribution < -0.4 is 4.74 Å². The van der Waals surface area contributed by atoms with E-state index in [-0.39, 0.29) is 5.41 Å². The summed E-state index contributed by atoms with van der Waals surface area (Å²) in [6, 6.07) is 6.75. The molecule has 2 nitrogen and oxygen atoms in total. The number of hydrogen-bond acceptors (Lipinski definition) is 2. The molecule has 0 radical (unpaired) electrons. The van der Waals surface area contributed by atoms with Crippen molar-refractivity contribution in [2.75, 3.05) is 6.61 Å². The van der Waals surface area contributed by atoms with Crippen LogP contribution in [0.2, 0.25) is 0 Å². The van der Waals surface area contributed by atoms with Crippen LogP contribution in [0.5, 0.6) is 5.75 Å². The number of carbonyl (C=O) groups is 1. The molecular weight excluding hydrogens is 284 g/mol. The van der Waals surface area contributed by atoms with Gasteiger partial charge in [-0.15, -0.1) is 0 Å². The van der Waals surface area contributed by atoms with E-state index in [0.29, 0.717) is 17.6 Å². The van der Waals surface area contributed by atoms with Crippen molar-refractivity contribution in [2.45, 2.75) is 64.7 Å². The summed E-state index contributed by atoms with van der Waals surface area (Å²) in [5, 5.41) is 0. The van der Waals surface area contributed by atoms with Crippen LogP contribution in [-0.4, -0.2) is 12.4 Å². The Balaban J connectivity index is 1.61. The molecule has 0 saturated heterocycles. The molecule has 0 spiro atoms. The van der Waals surface area contributed by atoms with Crippen molar-refractivity contribution in [2.24, 2.45) is 17.3 Å². The highest BCUT2D eigenvalue weighted by molar-refractivity contribution is 5.87. The second-order valence-corrected chi connectivity index (χ2v) is 8.04. The van der Waals surface area contributed by atoms with Crippen molar-refractivity contribution >= 4 is 5.78 Å². The van der Waals surface area contributed by atoms with E-state index in [0.717, 1.165) is 50.4 Å². The minimum Gasteiger partial charge on any atom is -0.494 e. The van der Waals surface area contributed by atoms with Gasteiger partial charge >= 0.3 is 0 Å². The second-order valence-electron chi connectivity index (χ2n) is 8.04. The molecule has 1 aromatic rings. The fourth-order valence-corrected chi connectivity index (χ4v) is 5.64. The van der Waals surface area contributed by atoms with Gasteiger partial charge in [-0.25, -0.2) is 0 Å². The number of ketones is 1. The number of Topliss-reactive ketones (excluding diaryl/α,β-unsaturated/α-hetero) is 1. The molecule has 0 heterocycles. The van der Waals surface area contributed by atoms with E-state index < -0.39 is 0 Å². The fraction of sp³-hybridized carbons (Fsp3) is 0.667. The zero-order chi connectivity index (χ0) is 16.0. The molecule has 0 bridgehead atoms. The first kappa shape index (κ1) is 15.2. The average molecular weight is 312 g/mol. The highest BCUT2D eigenvalue weighted by Gasteiger charge is 2.54. The van der Waals surface area contributed by atoms with Gasteiger partial charge in [-0.2, -0.15) is 0 Å². The number of ether oxygens (including phenoxy) is 1. The highest BCUT2D eigenvalue weighted by atomic mass is 16.5. The first-order valence-corrected chi connectivity index (χ1v) is 9.42. The molecule has 2 saturated carbocycles. The maximum absolute atomic E-state index is 12.4. The Kier molecular flexibility index (Phi) is 3.74. The van der Waals surface area contributed by atoms with Gasteiger partial charge in [-0.3, -0.25) is 4.79 Å². The lowest BCUT2D eigenvalue weighted by atomic mass is 9.55. The van der Waals surface area contributed by atoms with Crippen LogP contribution in [-0.2, 0) is 11.2 Å². The van der Waals surface area contributed by atoms with E-state index in [1.807, 2.05) is 0 Å². The van der Waals surface area contributed by atoms with Crippen LogP contribution in [0.1, 0.15) is 69.4 Å². The zero-order valence-corrected chi connectivity index (χ0v) is 14.4. The SMILES string of the molecule is CCCOc1ccc2c(c1)CC[C@@H]1[C@@H]2CC[C@]2(C)C(=O)CC[C@H]12. The third-order valence-corrected chi connectivity index (χ3v) is 6.88. The Morgan fingerprint density at radius 2 is 2.09 bits per heavy atom. The molecule has 3 aliphatic carbocycles. The lowest BCUT2D eigenvalue weighted by molar-refractivity contribution is -0.129. The monoisotopic (exact) mass is 312 g/mol. The molecule has 4 atom stereocenters. The number of carbonyl (C=O) groups excluding carboxylic acids is 1. The minimum atomic E-state index is -0.0111. The molecular formula is C21H28O2. The Morgan fingerprint density at radius 3 is 2.91 bits per heavy atom. The van der Waals surface area contributed by atoms with Crippen LogP contribution in [0.15, 0.2) is 18.2 Å². The molecule has 0 aliphatic heterocycles. The van der Waals surface area contributed by atoms with Gasteiger partial charge in [-0.1, -0.05) is 19.9 Å². The third kappa shape index (κ3) is 2.33. The van der Waals surface area contributed by atoms with Gasteiger partial charge < -0.3 is 4.74 Å². The summed E-state index contributed by atoms with van der Waals surface area (Å²) < 4.78 is 5.81. The Bertz CT molecular complexity index is 620. The van der Waals surface area contributed by atoms with E-state index in [1.165, 1.54) is 18.4 Å². The summed E-state index contributed by atoms with van der Waals surface area (Å²) in [5.41, 5.74) is 3.03. The molecule has 3 aliphatic rings. The standard InChI is InChI=1S/C21H28O2/c1-3-12-23-15-5-7-16-14(13-15)4-6-18-17(16)10-11-21(2)19(18)8-9-20(21)22/h5,7,13,17-19H,3-4,6,8-12H2,1-2H3/t17-,18-,19-,21+/m1/s1. The van der Waals surface area contributed by atoms with Gasteiger partial charge in [0.2, 0.25) is 0 Å². The summed E-state index contributed by atoms with van der Waals surface area (Å²) >= 11 is 0. The predicted molar refractivity (Wildman–Crippen MR) is 91.9 cm³/mol. The largest absolute Gasteiger partial charge is 0.494 e. The molecule has 0 unspecified atom stereocenters.